The zero-order valence-corrected chi connectivity index (χ0v) is 12.1. The molecular weight excluding hydrogens is 331 g/mol. The molecule has 0 aliphatic rings. The van der Waals surface area contributed by atoms with Gasteiger partial charge >= 0.3 is 6.36 Å². The van der Waals surface area contributed by atoms with E-state index in [2.05, 4.69) is 9.72 Å². The number of hydrogen-bond donors (Lipinski definition) is 0. The summed E-state index contributed by atoms with van der Waals surface area (Å²) in [5.41, 5.74) is 1.20. The fourth-order valence-electron chi connectivity index (χ4n) is 1.85. The van der Waals surface area contributed by atoms with E-state index in [1.165, 1.54) is 23.5 Å². The largest absolute Gasteiger partial charge is 0.573 e. The second-order valence-electron chi connectivity index (χ2n) is 4.45. The topological polar surface area (TPSA) is 48.4 Å². The van der Waals surface area contributed by atoms with E-state index in [4.69, 9.17) is 4.74 Å². The molecule has 0 aliphatic heterocycles. The van der Waals surface area contributed by atoms with Gasteiger partial charge in [0.15, 0.2) is 0 Å². The molecule has 0 spiro atoms. The fraction of sp³-hybridized carbons (Fsp3) is 0.0667. The van der Waals surface area contributed by atoms with Gasteiger partial charge < -0.3 is 9.47 Å². The number of hydrogen-bond acceptors (Lipinski definition) is 5. The van der Waals surface area contributed by atoms with E-state index in [9.17, 15) is 18.0 Å². The molecule has 0 bridgehead atoms. The van der Waals surface area contributed by atoms with Gasteiger partial charge in [0.1, 0.15) is 17.8 Å². The second-order valence-corrected chi connectivity index (χ2v) is 5.44. The molecule has 0 saturated heterocycles. The van der Waals surface area contributed by atoms with Gasteiger partial charge in [0, 0.05) is 5.56 Å². The lowest BCUT2D eigenvalue weighted by atomic mass is 10.2. The number of thiazole rings is 1. The van der Waals surface area contributed by atoms with Crippen molar-refractivity contribution in [3.05, 3.63) is 48.0 Å². The van der Waals surface area contributed by atoms with Crippen molar-refractivity contribution in [3.8, 4) is 16.7 Å². The molecule has 0 fully saturated rings. The third kappa shape index (κ3) is 3.78. The van der Waals surface area contributed by atoms with Gasteiger partial charge in [0.05, 0.1) is 10.2 Å². The summed E-state index contributed by atoms with van der Waals surface area (Å²) in [6.45, 7) is 0. The molecule has 1 heterocycles. The Balaban J connectivity index is 1.77. The van der Waals surface area contributed by atoms with Gasteiger partial charge in [-0.05, 0) is 42.5 Å². The fourth-order valence-corrected chi connectivity index (χ4v) is 2.73. The minimum absolute atomic E-state index is 0.326. The van der Waals surface area contributed by atoms with Crippen LogP contribution in [0, 0.1) is 0 Å². The zero-order valence-electron chi connectivity index (χ0n) is 11.3. The third-order valence-corrected chi connectivity index (χ3v) is 3.69. The van der Waals surface area contributed by atoms with E-state index in [-0.39, 0.29) is 5.75 Å². The van der Waals surface area contributed by atoms with E-state index < -0.39 is 6.36 Å². The summed E-state index contributed by atoms with van der Waals surface area (Å²) >= 11 is 1.23. The number of nitrogens with zero attached hydrogens (tertiary/aromatic N) is 1. The van der Waals surface area contributed by atoms with Crippen LogP contribution in [0.3, 0.4) is 0 Å². The van der Waals surface area contributed by atoms with Gasteiger partial charge in [-0.25, -0.2) is 4.98 Å². The molecule has 2 aromatic carbocycles. The molecule has 23 heavy (non-hydrogen) atoms. The Bertz CT molecular complexity index is 843. The van der Waals surface area contributed by atoms with Crippen LogP contribution in [-0.4, -0.2) is 17.6 Å². The highest BCUT2D eigenvalue weighted by atomic mass is 32.1. The molecule has 3 rings (SSSR count). The maximum absolute atomic E-state index is 12.1. The van der Waals surface area contributed by atoms with Crippen molar-refractivity contribution in [2.75, 3.05) is 0 Å². The van der Waals surface area contributed by atoms with Crippen LogP contribution in [0.1, 0.15) is 10.4 Å². The molecule has 0 aliphatic carbocycles. The summed E-state index contributed by atoms with van der Waals surface area (Å²) in [7, 11) is 0. The number of alkyl halides is 3. The molecule has 0 N–H and O–H groups in total. The Kier molecular flexibility index (Phi) is 3.91. The third-order valence-electron chi connectivity index (χ3n) is 2.79. The number of carbonyl (C=O) groups excluding carboxylic acids is 1. The number of aldehydes is 1. The Morgan fingerprint density at radius 2 is 1.74 bits per heavy atom. The lowest BCUT2D eigenvalue weighted by molar-refractivity contribution is -0.274. The first-order valence-corrected chi connectivity index (χ1v) is 7.14. The van der Waals surface area contributed by atoms with Crippen molar-refractivity contribution in [3.63, 3.8) is 0 Å². The molecular formula is C15H8F3NO3S. The van der Waals surface area contributed by atoms with Crippen LogP contribution in [0.4, 0.5) is 13.2 Å². The number of carbonyl (C=O) groups is 1. The average molecular weight is 339 g/mol. The lowest BCUT2D eigenvalue weighted by Crippen LogP contribution is -2.16. The number of aromatic nitrogens is 1. The highest BCUT2D eigenvalue weighted by Gasteiger charge is 2.30. The van der Waals surface area contributed by atoms with E-state index in [1.54, 1.807) is 18.2 Å². The predicted molar refractivity (Wildman–Crippen MR) is 78.2 cm³/mol. The van der Waals surface area contributed by atoms with Crippen molar-refractivity contribution in [2.45, 2.75) is 6.36 Å². The minimum Gasteiger partial charge on any atom is -0.431 e. The van der Waals surface area contributed by atoms with Crippen molar-refractivity contribution in [1.29, 1.82) is 0 Å². The first kappa shape index (κ1) is 15.3. The van der Waals surface area contributed by atoms with Crippen LogP contribution in [0.15, 0.2) is 42.5 Å². The smallest absolute Gasteiger partial charge is 0.431 e. The summed E-state index contributed by atoms with van der Waals surface area (Å²) in [5, 5.41) is 0.326. The van der Waals surface area contributed by atoms with Gasteiger partial charge in [-0.2, -0.15) is 0 Å². The summed E-state index contributed by atoms with van der Waals surface area (Å²) in [5.74, 6) is -0.000957. The molecule has 0 radical (unpaired) electrons. The molecule has 118 valence electrons. The molecule has 8 heteroatoms. The van der Waals surface area contributed by atoms with Gasteiger partial charge in [-0.1, -0.05) is 11.3 Å². The summed E-state index contributed by atoms with van der Waals surface area (Å²) in [6.07, 6.45) is -4.00. The lowest BCUT2D eigenvalue weighted by Gasteiger charge is -2.09. The molecule has 0 unspecified atom stereocenters. The maximum Gasteiger partial charge on any atom is 0.573 e. The Morgan fingerprint density at radius 3 is 2.39 bits per heavy atom. The van der Waals surface area contributed by atoms with E-state index >= 15 is 0 Å². The number of rotatable bonds is 4. The zero-order chi connectivity index (χ0) is 16.4. The first-order chi connectivity index (χ1) is 10.9. The second kappa shape index (κ2) is 5.88. The van der Waals surface area contributed by atoms with Crippen molar-refractivity contribution in [1.82, 2.24) is 4.98 Å². The first-order valence-electron chi connectivity index (χ1n) is 6.32. The molecule has 4 nitrogen and oxygen atoms in total. The maximum atomic E-state index is 12.1. The normalized spacial score (nSPS) is 11.4. The number of halogens is 3. The van der Waals surface area contributed by atoms with Gasteiger partial charge in [0.2, 0.25) is 0 Å². The Labute approximate surface area is 132 Å². The molecule has 0 amide bonds. The summed E-state index contributed by atoms with van der Waals surface area (Å²) < 4.78 is 46.3. The predicted octanol–water partition coefficient (Wildman–Crippen LogP) is 4.80. The van der Waals surface area contributed by atoms with E-state index in [0.717, 1.165) is 23.1 Å². The van der Waals surface area contributed by atoms with E-state index in [1.807, 2.05) is 0 Å². The van der Waals surface area contributed by atoms with Crippen LogP contribution in [0.25, 0.3) is 10.2 Å². The highest BCUT2D eigenvalue weighted by Crippen LogP contribution is 2.32. The average Bonchev–Trinajstić information content (AvgIpc) is 2.89. The van der Waals surface area contributed by atoms with Gasteiger partial charge in [-0.3, -0.25) is 4.79 Å². The van der Waals surface area contributed by atoms with Crippen LogP contribution < -0.4 is 9.47 Å². The summed E-state index contributed by atoms with van der Waals surface area (Å²) in [4.78, 5) is 15.0. The number of benzene rings is 2. The van der Waals surface area contributed by atoms with Crippen LogP contribution in [-0.2, 0) is 0 Å². The monoisotopic (exact) mass is 339 g/mol. The molecule has 0 saturated carbocycles. The minimum atomic E-state index is -4.73. The molecule has 0 atom stereocenters. The molecule has 3 aromatic rings. The standard InChI is InChI=1S/C15H8F3NO3S/c16-15(17,18)22-11-4-2-10(3-5-11)21-14-19-12-6-1-9(8-20)7-13(12)23-14/h1-8H. The van der Waals surface area contributed by atoms with E-state index in [0.29, 0.717) is 22.0 Å². The van der Waals surface area contributed by atoms with Crippen molar-refractivity contribution in [2.24, 2.45) is 0 Å². The van der Waals surface area contributed by atoms with Crippen LogP contribution >= 0.6 is 11.3 Å². The van der Waals surface area contributed by atoms with Crippen LogP contribution in [0.5, 0.6) is 16.7 Å². The van der Waals surface area contributed by atoms with Crippen LogP contribution in [0.2, 0.25) is 0 Å². The van der Waals surface area contributed by atoms with Crippen molar-refractivity contribution >= 4 is 27.8 Å². The summed E-state index contributed by atoms with van der Waals surface area (Å²) in [6, 6.07) is 10.0. The van der Waals surface area contributed by atoms with Gasteiger partial charge in [0.25, 0.3) is 5.19 Å². The number of fused-ring (bicyclic) bond motifs is 1. The SMILES string of the molecule is O=Cc1ccc2nc(Oc3ccc(OC(F)(F)F)cc3)sc2c1. The van der Waals surface area contributed by atoms with Crippen molar-refractivity contribution < 1.29 is 27.4 Å². The number of ether oxygens (including phenoxy) is 2. The Hall–Kier alpha value is -2.61. The quantitative estimate of drug-likeness (QED) is 0.641. The molecule has 1 aromatic heterocycles. The Morgan fingerprint density at radius 1 is 1.04 bits per heavy atom. The highest BCUT2D eigenvalue weighted by molar-refractivity contribution is 7.20. The van der Waals surface area contributed by atoms with Gasteiger partial charge in [-0.15, -0.1) is 13.2 Å².